The second-order valence-electron chi connectivity index (χ2n) is 7.30. The van der Waals surface area contributed by atoms with Gasteiger partial charge in [-0.1, -0.05) is 30.3 Å². The molecule has 1 fully saturated rings. The fraction of sp³-hybridized carbons (Fsp3) is 0.292. The highest BCUT2D eigenvalue weighted by Crippen LogP contribution is 2.23. The summed E-state index contributed by atoms with van der Waals surface area (Å²) in [4.78, 5) is 21.1. The molecule has 0 unspecified atom stereocenters. The highest BCUT2D eigenvalue weighted by Gasteiger charge is 2.20. The van der Waals surface area contributed by atoms with Crippen molar-refractivity contribution in [2.24, 2.45) is 0 Å². The first kappa shape index (κ1) is 20.7. The predicted octanol–water partition coefficient (Wildman–Crippen LogP) is 3.67. The molecule has 31 heavy (non-hydrogen) atoms. The predicted molar refractivity (Wildman–Crippen MR) is 120 cm³/mol. The van der Waals surface area contributed by atoms with Crippen molar-refractivity contribution in [3.63, 3.8) is 0 Å². The maximum Gasteiger partial charge on any atom is 0.246 e. The van der Waals surface area contributed by atoms with Crippen LogP contribution >= 0.6 is 0 Å². The number of methoxy groups -OCH3 is 1. The van der Waals surface area contributed by atoms with E-state index in [1.807, 2.05) is 54.3 Å². The average Bonchev–Trinajstić information content (AvgIpc) is 3.32. The third kappa shape index (κ3) is 4.77. The molecule has 160 valence electrons. The van der Waals surface area contributed by atoms with Crippen LogP contribution in [-0.2, 0) is 11.2 Å². The lowest BCUT2D eigenvalue weighted by molar-refractivity contribution is -0.126. The van der Waals surface area contributed by atoms with E-state index >= 15 is 0 Å². The molecule has 7 nitrogen and oxygen atoms in total. The normalized spacial score (nSPS) is 14.3. The summed E-state index contributed by atoms with van der Waals surface area (Å²) in [7, 11) is 1.63. The smallest absolute Gasteiger partial charge is 0.246 e. The lowest BCUT2D eigenvalue weighted by atomic mass is 10.1. The zero-order valence-electron chi connectivity index (χ0n) is 17.8. The molecule has 0 spiro atoms. The summed E-state index contributed by atoms with van der Waals surface area (Å²) >= 11 is 0. The maximum atomic E-state index is 12.6. The molecule has 1 aliphatic rings. The van der Waals surface area contributed by atoms with E-state index < -0.39 is 0 Å². The van der Waals surface area contributed by atoms with Gasteiger partial charge in [-0.25, -0.2) is 0 Å². The number of benzene rings is 2. The SMILES string of the molecule is CCc1nc(-c2ccc(N3CCN(C(=O)/C=C/c4ccccc4OC)CC3)cc2)no1. The van der Waals surface area contributed by atoms with Crippen molar-refractivity contribution >= 4 is 17.7 Å². The van der Waals surface area contributed by atoms with Crippen LogP contribution < -0.4 is 9.64 Å². The van der Waals surface area contributed by atoms with Gasteiger partial charge in [0.15, 0.2) is 0 Å². The third-order valence-electron chi connectivity index (χ3n) is 5.40. The van der Waals surface area contributed by atoms with Crippen LogP contribution in [-0.4, -0.2) is 54.2 Å². The third-order valence-corrected chi connectivity index (χ3v) is 5.40. The van der Waals surface area contributed by atoms with Gasteiger partial charge in [-0.15, -0.1) is 0 Å². The molecule has 2 heterocycles. The Kier molecular flexibility index (Phi) is 6.31. The minimum atomic E-state index is 0.0183. The first-order valence-electron chi connectivity index (χ1n) is 10.5. The van der Waals surface area contributed by atoms with Gasteiger partial charge in [0.2, 0.25) is 17.6 Å². The van der Waals surface area contributed by atoms with Crippen molar-refractivity contribution in [2.75, 3.05) is 38.2 Å². The van der Waals surface area contributed by atoms with Gasteiger partial charge in [-0.05, 0) is 36.4 Å². The first-order chi connectivity index (χ1) is 15.2. The van der Waals surface area contributed by atoms with E-state index in [-0.39, 0.29) is 5.91 Å². The van der Waals surface area contributed by atoms with Crippen LogP contribution in [0.1, 0.15) is 18.4 Å². The lowest BCUT2D eigenvalue weighted by Gasteiger charge is -2.35. The largest absolute Gasteiger partial charge is 0.496 e. The summed E-state index contributed by atoms with van der Waals surface area (Å²) < 4.78 is 10.5. The van der Waals surface area contributed by atoms with Crippen molar-refractivity contribution in [3.05, 3.63) is 66.1 Å². The monoisotopic (exact) mass is 418 g/mol. The minimum absolute atomic E-state index is 0.0183. The van der Waals surface area contributed by atoms with E-state index in [1.54, 1.807) is 13.2 Å². The Morgan fingerprint density at radius 2 is 1.84 bits per heavy atom. The number of aryl methyl sites for hydroxylation is 1. The van der Waals surface area contributed by atoms with Crippen LogP contribution in [0.3, 0.4) is 0 Å². The number of nitrogens with zero attached hydrogens (tertiary/aromatic N) is 4. The number of piperazine rings is 1. The fourth-order valence-electron chi connectivity index (χ4n) is 3.59. The molecule has 1 saturated heterocycles. The van der Waals surface area contributed by atoms with E-state index in [2.05, 4.69) is 27.2 Å². The van der Waals surface area contributed by atoms with Gasteiger partial charge >= 0.3 is 0 Å². The van der Waals surface area contributed by atoms with Crippen LogP contribution in [0.4, 0.5) is 5.69 Å². The van der Waals surface area contributed by atoms with Crippen molar-refractivity contribution in [2.45, 2.75) is 13.3 Å². The maximum absolute atomic E-state index is 12.6. The summed E-state index contributed by atoms with van der Waals surface area (Å²) in [6.45, 7) is 4.92. The highest BCUT2D eigenvalue weighted by molar-refractivity contribution is 5.92. The fourth-order valence-corrected chi connectivity index (χ4v) is 3.59. The Morgan fingerprint density at radius 1 is 1.10 bits per heavy atom. The van der Waals surface area contributed by atoms with Gasteiger partial charge in [-0.2, -0.15) is 4.98 Å². The first-order valence-corrected chi connectivity index (χ1v) is 10.5. The Balaban J connectivity index is 1.34. The molecule has 0 saturated carbocycles. The summed E-state index contributed by atoms with van der Waals surface area (Å²) in [5, 5.41) is 4.02. The van der Waals surface area contributed by atoms with E-state index in [0.29, 0.717) is 24.8 Å². The Morgan fingerprint density at radius 3 is 2.52 bits per heavy atom. The molecule has 3 aromatic rings. The molecule has 0 N–H and O–H groups in total. The molecule has 0 atom stereocenters. The second kappa shape index (κ2) is 9.47. The quantitative estimate of drug-likeness (QED) is 0.569. The Hall–Kier alpha value is -3.61. The summed E-state index contributed by atoms with van der Waals surface area (Å²) in [5.74, 6) is 2.02. The number of aromatic nitrogens is 2. The van der Waals surface area contributed by atoms with Crippen LogP contribution in [0.25, 0.3) is 17.5 Å². The summed E-state index contributed by atoms with van der Waals surface area (Å²) in [6.07, 6.45) is 4.16. The van der Waals surface area contributed by atoms with Gasteiger partial charge in [0.25, 0.3) is 0 Å². The van der Waals surface area contributed by atoms with Gasteiger partial charge in [0.05, 0.1) is 7.11 Å². The van der Waals surface area contributed by atoms with Crippen molar-refractivity contribution < 1.29 is 14.1 Å². The Labute approximate surface area is 181 Å². The number of rotatable bonds is 6. The van der Waals surface area contributed by atoms with E-state index in [9.17, 15) is 4.79 Å². The molecule has 0 bridgehead atoms. The molecule has 1 aromatic heterocycles. The molecular formula is C24H26N4O3. The van der Waals surface area contributed by atoms with Crippen molar-refractivity contribution in [1.29, 1.82) is 0 Å². The number of amides is 1. The lowest BCUT2D eigenvalue weighted by Crippen LogP contribution is -2.48. The number of anilines is 1. The topological polar surface area (TPSA) is 71.7 Å². The molecule has 1 amide bonds. The molecule has 4 rings (SSSR count). The number of carbonyl (C=O) groups excluding carboxylic acids is 1. The van der Waals surface area contributed by atoms with Gasteiger partial charge < -0.3 is 19.1 Å². The molecule has 1 aliphatic heterocycles. The molecule has 0 aliphatic carbocycles. The van der Waals surface area contributed by atoms with Gasteiger partial charge in [0, 0.05) is 55.5 Å². The second-order valence-corrected chi connectivity index (χ2v) is 7.30. The minimum Gasteiger partial charge on any atom is -0.496 e. The Bertz CT molecular complexity index is 1050. The number of ether oxygens (including phenoxy) is 1. The highest BCUT2D eigenvalue weighted by atomic mass is 16.5. The van der Waals surface area contributed by atoms with Crippen LogP contribution in [0.2, 0.25) is 0 Å². The van der Waals surface area contributed by atoms with E-state index in [4.69, 9.17) is 9.26 Å². The van der Waals surface area contributed by atoms with Crippen LogP contribution in [0.15, 0.2) is 59.1 Å². The zero-order valence-corrected chi connectivity index (χ0v) is 17.8. The number of hydrogen-bond donors (Lipinski definition) is 0. The number of carbonyl (C=O) groups is 1. The van der Waals surface area contributed by atoms with Crippen LogP contribution in [0.5, 0.6) is 5.75 Å². The number of para-hydroxylation sites is 1. The van der Waals surface area contributed by atoms with Crippen LogP contribution in [0, 0.1) is 0 Å². The van der Waals surface area contributed by atoms with E-state index in [1.165, 1.54) is 0 Å². The zero-order chi connectivity index (χ0) is 21.6. The number of hydrogen-bond acceptors (Lipinski definition) is 6. The van der Waals surface area contributed by atoms with E-state index in [0.717, 1.165) is 42.1 Å². The van der Waals surface area contributed by atoms with Crippen molar-refractivity contribution in [1.82, 2.24) is 15.0 Å². The molecule has 2 aromatic carbocycles. The average molecular weight is 418 g/mol. The van der Waals surface area contributed by atoms with Gasteiger partial charge in [-0.3, -0.25) is 4.79 Å². The van der Waals surface area contributed by atoms with Gasteiger partial charge in [0.1, 0.15) is 5.75 Å². The molecule has 7 heteroatoms. The summed E-state index contributed by atoms with van der Waals surface area (Å²) in [6, 6.07) is 15.8. The van der Waals surface area contributed by atoms with Crippen molar-refractivity contribution in [3.8, 4) is 17.1 Å². The summed E-state index contributed by atoms with van der Waals surface area (Å²) in [5.41, 5.74) is 2.95. The molecular weight excluding hydrogens is 392 g/mol. The standard InChI is InChI=1S/C24H26N4O3/c1-3-22-25-24(26-31-22)19-8-11-20(12-9-19)27-14-16-28(17-15-27)23(29)13-10-18-6-4-5-7-21(18)30-2/h4-13H,3,14-17H2,1-2H3/b13-10+. The molecule has 0 radical (unpaired) electrons.